The second-order valence-electron chi connectivity index (χ2n) is 10.1. The number of hydrogen-bond acceptors (Lipinski definition) is 7. The van der Waals surface area contributed by atoms with Crippen molar-refractivity contribution in [2.75, 3.05) is 6.61 Å². The molecule has 2 atom stereocenters. The van der Waals surface area contributed by atoms with Gasteiger partial charge in [0.15, 0.2) is 0 Å². The van der Waals surface area contributed by atoms with Gasteiger partial charge in [-0.3, -0.25) is 19.4 Å². The molecule has 0 aliphatic heterocycles. The first-order valence-electron chi connectivity index (χ1n) is 14.2. The van der Waals surface area contributed by atoms with Crippen molar-refractivity contribution in [3.63, 3.8) is 0 Å². The number of aryl methyl sites for hydroxylation is 1. The number of nitrogens with zero attached hydrogens (tertiary/aromatic N) is 1. The lowest BCUT2D eigenvalue weighted by molar-refractivity contribution is -0.130. The molecule has 0 fully saturated rings. The monoisotopic (exact) mass is 599 g/mol. The molecule has 5 N–H and O–H groups in total. The number of ether oxygens (including phenoxy) is 1. The summed E-state index contributed by atoms with van der Waals surface area (Å²) in [7, 11) is 0. The van der Waals surface area contributed by atoms with Crippen LogP contribution >= 0.6 is 11.3 Å². The van der Waals surface area contributed by atoms with E-state index in [1.54, 1.807) is 18.5 Å². The Hall–Kier alpha value is -4.54. The van der Waals surface area contributed by atoms with Gasteiger partial charge in [-0.15, -0.1) is 11.3 Å². The Labute approximate surface area is 255 Å². The van der Waals surface area contributed by atoms with Gasteiger partial charge in [0.2, 0.25) is 11.8 Å². The van der Waals surface area contributed by atoms with E-state index in [4.69, 9.17) is 10.5 Å². The standard InChI is InChI=1S/C33H37N5O4S/c1-3-42-27-12-10-23(11-13-27)17-29(38-33(41)30-22(2)14-16-43-30)32(40)37-28(18-26-5-4-15-35-20-26)31(39)36-21-25-8-6-24(19-34)7-9-25/h4-16,20,28-29H,3,17-19,21,34H2,1-2H3,(H,36,39)(H,37,40)(H,38,41)/t28-,29+/m0/s1. The molecular formula is C33H37N5O4S. The molecule has 0 unspecified atom stereocenters. The highest BCUT2D eigenvalue weighted by Gasteiger charge is 2.28. The Morgan fingerprint density at radius 1 is 0.860 bits per heavy atom. The van der Waals surface area contributed by atoms with Crippen LogP contribution in [0.1, 0.15) is 44.4 Å². The minimum absolute atomic E-state index is 0.225. The quantitative estimate of drug-likeness (QED) is 0.175. The summed E-state index contributed by atoms with van der Waals surface area (Å²) < 4.78 is 5.54. The van der Waals surface area contributed by atoms with E-state index in [0.29, 0.717) is 18.0 Å². The third kappa shape index (κ3) is 9.22. The van der Waals surface area contributed by atoms with Crippen LogP contribution in [0.3, 0.4) is 0 Å². The van der Waals surface area contributed by atoms with Crippen molar-refractivity contribution < 1.29 is 19.1 Å². The molecule has 4 aromatic rings. The van der Waals surface area contributed by atoms with Crippen LogP contribution in [0.4, 0.5) is 0 Å². The maximum atomic E-state index is 13.8. The van der Waals surface area contributed by atoms with Gasteiger partial charge in [-0.1, -0.05) is 42.5 Å². The fraction of sp³-hybridized carbons (Fsp3) is 0.273. The molecule has 0 aliphatic rings. The highest BCUT2D eigenvalue weighted by atomic mass is 32.1. The molecule has 0 radical (unpaired) electrons. The summed E-state index contributed by atoms with van der Waals surface area (Å²) in [6.07, 6.45) is 3.77. The van der Waals surface area contributed by atoms with Gasteiger partial charge in [0.25, 0.3) is 5.91 Å². The third-order valence-corrected chi connectivity index (χ3v) is 7.90. The Kier molecular flexibility index (Phi) is 11.4. The molecule has 0 saturated heterocycles. The Morgan fingerprint density at radius 3 is 2.16 bits per heavy atom. The van der Waals surface area contributed by atoms with Gasteiger partial charge in [0.1, 0.15) is 17.8 Å². The number of carbonyl (C=O) groups excluding carboxylic acids is 3. The van der Waals surface area contributed by atoms with Gasteiger partial charge in [-0.25, -0.2) is 0 Å². The number of pyridine rings is 1. The number of carbonyl (C=O) groups is 3. The zero-order chi connectivity index (χ0) is 30.6. The highest BCUT2D eigenvalue weighted by Crippen LogP contribution is 2.17. The predicted molar refractivity (Wildman–Crippen MR) is 168 cm³/mol. The third-order valence-electron chi connectivity index (χ3n) is 6.89. The number of nitrogens with two attached hydrogens (primary N) is 1. The fourth-order valence-corrected chi connectivity index (χ4v) is 5.33. The van der Waals surface area contributed by atoms with Crippen molar-refractivity contribution in [2.24, 2.45) is 5.73 Å². The maximum Gasteiger partial charge on any atom is 0.262 e. The van der Waals surface area contributed by atoms with Crippen molar-refractivity contribution in [2.45, 2.75) is 51.9 Å². The molecule has 9 nitrogen and oxygen atoms in total. The highest BCUT2D eigenvalue weighted by molar-refractivity contribution is 7.12. The lowest BCUT2D eigenvalue weighted by Gasteiger charge is -2.23. The molecule has 2 aromatic carbocycles. The second kappa shape index (κ2) is 15.6. The molecule has 224 valence electrons. The molecule has 0 saturated carbocycles. The van der Waals surface area contributed by atoms with Crippen LogP contribution in [-0.2, 0) is 35.5 Å². The van der Waals surface area contributed by atoms with Gasteiger partial charge in [-0.2, -0.15) is 0 Å². The van der Waals surface area contributed by atoms with E-state index in [0.717, 1.165) is 33.6 Å². The van der Waals surface area contributed by atoms with Crippen LogP contribution < -0.4 is 26.4 Å². The number of aromatic nitrogens is 1. The number of benzene rings is 2. The average molecular weight is 600 g/mol. The summed E-state index contributed by atoms with van der Waals surface area (Å²) in [5.41, 5.74) is 10.0. The number of nitrogens with one attached hydrogen (secondary N) is 3. The van der Waals surface area contributed by atoms with Crippen molar-refractivity contribution in [1.82, 2.24) is 20.9 Å². The zero-order valence-electron chi connectivity index (χ0n) is 24.3. The van der Waals surface area contributed by atoms with Crippen LogP contribution in [0, 0.1) is 6.92 Å². The van der Waals surface area contributed by atoms with Gasteiger partial charge in [0, 0.05) is 38.3 Å². The van der Waals surface area contributed by atoms with E-state index >= 15 is 0 Å². The first-order valence-corrected chi connectivity index (χ1v) is 15.1. The van der Waals surface area contributed by atoms with Crippen LogP contribution in [0.2, 0.25) is 0 Å². The van der Waals surface area contributed by atoms with Gasteiger partial charge in [0.05, 0.1) is 11.5 Å². The number of hydrogen-bond donors (Lipinski definition) is 4. The summed E-state index contributed by atoms with van der Waals surface area (Å²) in [5.74, 6) is -0.433. The molecular weight excluding hydrogens is 562 g/mol. The van der Waals surface area contributed by atoms with E-state index in [1.807, 2.05) is 79.9 Å². The number of thiophene rings is 1. The van der Waals surface area contributed by atoms with Crippen LogP contribution in [-0.4, -0.2) is 41.4 Å². The summed E-state index contributed by atoms with van der Waals surface area (Å²) in [5, 5.41) is 10.6. The summed E-state index contributed by atoms with van der Waals surface area (Å²) in [6.45, 7) is 5.02. The molecule has 4 rings (SSSR count). The molecule has 3 amide bonds. The summed E-state index contributed by atoms with van der Waals surface area (Å²) in [4.78, 5) is 45.1. The first-order chi connectivity index (χ1) is 20.9. The smallest absolute Gasteiger partial charge is 0.262 e. The Bertz CT molecular complexity index is 1490. The maximum absolute atomic E-state index is 13.8. The van der Waals surface area contributed by atoms with E-state index in [2.05, 4.69) is 20.9 Å². The topological polar surface area (TPSA) is 135 Å². The van der Waals surface area contributed by atoms with E-state index in [9.17, 15) is 14.4 Å². The van der Waals surface area contributed by atoms with Crippen LogP contribution in [0.25, 0.3) is 0 Å². The Balaban J connectivity index is 1.53. The number of amides is 3. The van der Waals surface area contributed by atoms with Gasteiger partial charge in [-0.05, 0) is 71.3 Å². The molecule has 2 heterocycles. The SMILES string of the molecule is CCOc1ccc(C[C@@H](NC(=O)c2sccc2C)C(=O)N[C@@H](Cc2cccnc2)C(=O)NCc2ccc(CN)cc2)cc1. The molecule has 2 aromatic heterocycles. The first kappa shape index (κ1) is 31.4. The van der Waals surface area contributed by atoms with Gasteiger partial charge < -0.3 is 26.4 Å². The largest absolute Gasteiger partial charge is 0.494 e. The molecule has 0 bridgehead atoms. The van der Waals surface area contributed by atoms with Crippen molar-refractivity contribution in [3.8, 4) is 5.75 Å². The molecule has 10 heteroatoms. The van der Waals surface area contributed by atoms with E-state index in [1.165, 1.54) is 11.3 Å². The molecule has 43 heavy (non-hydrogen) atoms. The molecule has 0 spiro atoms. The lowest BCUT2D eigenvalue weighted by atomic mass is 10.0. The van der Waals surface area contributed by atoms with Gasteiger partial charge >= 0.3 is 0 Å². The lowest BCUT2D eigenvalue weighted by Crippen LogP contribution is -2.55. The van der Waals surface area contributed by atoms with Crippen molar-refractivity contribution in [3.05, 3.63) is 117 Å². The van der Waals surface area contributed by atoms with Crippen LogP contribution in [0.15, 0.2) is 84.5 Å². The van der Waals surface area contributed by atoms with E-state index < -0.39 is 18.0 Å². The summed E-state index contributed by atoms with van der Waals surface area (Å²) in [6, 6.07) is 18.7. The Morgan fingerprint density at radius 2 is 1.53 bits per heavy atom. The fourth-order valence-electron chi connectivity index (χ4n) is 4.50. The second-order valence-corrected chi connectivity index (χ2v) is 11.0. The molecule has 0 aliphatic carbocycles. The zero-order valence-corrected chi connectivity index (χ0v) is 25.2. The van der Waals surface area contributed by atoms with Crippen molar-refractivity contribution in [1.29, 1.82) is 0 Å². The summed E-state index contributed by atoms with van der Waals surface area (Å²) >= 11 is 1.31. The number of rotatable bonds is 14. The predicted octanol–water partition coefficient (Wildman–Crippen LogP) is 3.69. The van der Waals surface area contributed by atoms with Crippen molar-refractivity contribution >= 4 is 29.1 Å². The normalized spacial score (nSPS) is 12.2. The van der Waals surface area contributed by atoms with E-state index in [-0.39, 0.29) is 31.2 Å². The van der Waals surface area contributed by atoms with Crippen LogP contribution in [0.5, 0.6) is 5.75 Å². The minimum Gasteiger partial charge on any atom is -0.494 e. The minimum atomic E-state index is -0.931. The average Bonchev–Trinajstić information content (AvgIpc) is 3.46.